The van der Waals surface area contributed by atoms with E-state index in [2.05, 4.69) is 52.8 Å². The van der Waals surface area contributed by atoms with E-state index >= 15 is 0 Å². The van der Waals surface area contributed by atoms with Crippen LogP contribution in [0.4, 0.5) is 0 Å². The number of nitrogens with two attached hydrogens (primary N) is 1. The summed E-state index contributed by atoms with van der Waals surface area (Å²) in [5, 5.41) is 0. The second kappa shape index (κ2) is 4.54. The maximum atomic E-state index is 5.34. The lowest BCUT2D eigenvalue weighted by atomic mass is 10.1. The van der Waals surface area contributed by atoms with Crippen molar-refractivity contribution >= 4 is 22.6 Å². The fourth-order valence-electron chi connectivity index (χ4n) is 1.18. The van der Waals surface area contributed by atoms with Crippen molar-refractivity contribution in [2.75, 3.05) is 0 Å². The van der Waals surface area contributed by atoms with E-state index in [0.29, 0.717) is 6.04 Å². The van der Waals surface area contributed by atoms with Gasteiger partial charge in [-0.3, -0.25) is 0 Å². The normalized spacial score (nSPS) is 23.3. The van der Waals surface area contributed by atoms with Crippen LogP contribution < -0.4 is 5.73 Å². The van der Waals surface area contributed by atoms with Gasteiger partial charge in [-0.15, -0.1) is 0 Å². The van der Waals surface area contributed by atoms with Crippen LogP contribution in [0.25, 0.3) is 0 Å². The minimum Gasteiger partial charge on any atom is -0.403 e. The molecular formula is C9H13IN2. The fraction of sp³-hybridized carbons (Fsp3) is 0.333. The molecule has 1 heterocycles. The largest absolute Gasteiger partial charge is 0.403 e. The first-order valence-electron chi connectivity index (χ1n) is 3.99. The molecule has 0 aliphatic carbocycles. The number of allylic oxidation sites excluding steroid dienone is 2. The lowest BCUT2D eigenvalue weighted by molar-refractivity contribution is 0.409. The Morgan fingerprint density at radius 2 is 2.50 bits per heavy atom. The lowest BCUT2D eigenvalue weighted by Crippen LogP contribution is -2.25. The third-order valence-corrected chi connectivity index (χ3v) is 2.45. The van der Waals surface area contributed by atoms with Crippen molar-refractivity contribution in [2.45, 2.75) is 19.4 Å². The molecule has 0 radical (unpaired) electrons. The van der Waals surface area contributed by atoms with Crippen molar-refractivity contribution in [3.8, 4) is 0 Å². The van der Waals surface area contributed by atoms with Gasteiger partial charge in [-0.05, 0) is 35.1 Å². The van der Waals surface area contributed by atoms with Crippen LogP contribution in [0, 0.1) is 0 Å². The molecule has 3 heteroatoms. The summed E-state index contributed by atoms with van der Waals surface area (Å²) < 4.78 is 1.23. The molecule has 2 nitrogen and oxygen atoms in total. The van der Waals surface area contributed by atoms with E-state index in [-0.39, 0.29) is 0 Å². The number of hydrogen-bond acceptors (Lipinski definition) is 2. The first-order valence-corrected chi connectivity index (χ1v) is 5.07. The van der Waals surface area contributed by atoms with Crippen LogP contribution in [0.15, 0.2) is 34.3 Å². The highest BCUT2D eigenvalue weighted by atomic mass is 127. The van der Waals surface area contributed by atoms with Crippen LogP contribution in [0.3, 0.4) is 0 Å². The van der Waals surface area contributed by atoms with Crippen molar-refractivity contribution in [3.63, 3.8) is 0 Å². The smallest absolute Gasteiger partial charge is 0.0512 e. The Morgan fingerprint density at radius 3 is 3.08 bits per heavy atom. The van der Waals surface area contributed by atoms with Gasteiger partial charge >= 0.3 is 0 Å². The van der Waals surface area contributed by atoms with E-state index in [0.717, 1.165) is 6.42 Å². The van der Waals surface area contributed by atoms with Gasteiger partial charge in [-0.2, -0.15) is 0 Å². The van der Waals surface area contributed by atoms with Crippen molar-refractivity contribution in [1.82, 2.24) is 4.90 Å². The molecule has 1 atom stereocenters. The maximum absolute atomic E-state index is 5.34. The minimum absolute atomic E-state index is 0.461. The highest BCUT2D eigenvalue weighted by molar-refractivity contribution is 14.1. The minimum atomic E-state index is 0.461. The molecule has 12 heavy (non-hydrogen) atoms. The number of halogens is 1. The third kappa shape index (κ3) is 2.27. The third-order valence-electron chi connectivity index (χ3n) is 1.81. The predicted molar refractivity (Wildman–Crippen MR) is 60.5 cm³/mol. The molecule has 66 valence electrons. The summed E-state index contributed by atoms with van der Waals surface area (Å²) in [6, 6.07) is 0.461. The average molecular weight is 276 g/mol. The molecule has 0 aromatic rings. The van der Waals surface area contributed by atoms with Crippen molar-refractivity contribution in [2.24, 2.45) is 5.73 Å². The van der Waals surface area contributed by atoms with Gasteiger partial charge < -0.3 is 10.6 Å². The maximum Gasteiger partial charge on any atom is 0.0512 e. The summed E-state index contributed by atoms with van der Waals surface area (Å²) >= 11 is 2.30. The molecule has 0 saturated heterocycles. The molecule has 0 fully saturated rings. The van der Waals surface area contributed by atoms with E-state index in [1.807, 2.05) is 6.20 Å². The highest BCUT2D eigenvalue weighted by Crippen LogP contribution is 2.20. The molecule has 0 amide bonds. The SMILES string of the molecule is CCC1C=CC(I)=CN1/C=C\N. The van der Waals surface area contributed by atoms with Gasteiger partial charge in [0.25, 0.3) is 0 Å². The molecular weight excluding hydrogens is 263 g/mol. The second-order valence-corrected chi connectivity index (χ2v) is 3.88. The quantitative estimate of drug-likeness (QED) is 0.784. The van der Waals surface area contributed by atoms with Gasteiger partial charge in [0.1, 0.15) is 0 Å². The molecule has 0 saturated carbocycles. The summed E-state index contributed by atoms with van der Waals surface area (Å²) in [4.78, 5) is 2.13. The standard InChI is InChI=1S/C9H13IN2/c1-2-9-4-3-8(10)7-12(9)6-5-11/h3-7,9H,2,11H2,1H3/b6-5-. The van der Waals surface area contributed by atoms with Crippen LogP contribution in [-0.2, 0) is 0 Å². The van der Waals surface area contributed by atoms with Gasteiger partial charge in [0, 0.05) is 22.2 Å². The Kier molecular flexibility index (Phi) is 3.65. The van der Waals surface area contributed by atoms with Crippen LogP contribution in [0.1, 0.15) is 13.3 Å². The van der Waals surface area contributed by atoms with E-state index in [4.69, 9.17) is 5.73 Å². The van der Waals surface area contributed by atoms with Crippen LogP contribution in [0.5, 0.6) is 0 Å². The van der Waals surface area contributed by atoms with E-state index in [9.17, 15) is 0 Å². The number of nitrogens with zero attached hydrogens (tertiary/aromatic N) is 1. The molecule has 1 aliphatic heterocycles. The molecule has 1 aliphatic rings. The van der Waals surface area contributed by atoms with Gasteiger partial charge in [0.05, 0.1) is 6.04 Å². The van der Waals surface area contributed by atoms with Crippen molar-refractivity contribution < 1.29 is 0 Å². The molecule has 0 spiro atoms. The fourth-order valence-corrected chi connectivity index (χ4v) is 1.71. The Balaban J connectivity index is 2.74. The predicted octanol–water partition coefficient (Wildman–Crippen LogP) is 2.34. The Morgan fingerprint density at radius 1 is 1.75 bits per heavy atom. The zero-order valence-electron chi connectivity index (χ0n) is 7.07. The molecule has 1 unspecified atom stereocenters. The van der Waals surface area contributed by atoms with Gasteiger partial charge in [0.15, 0.2) is 0 Å². The van der Waals surface area contributed by atoms with E-state index < -0.39 is 0 Å². The van der Waals surface area contributed by atoms with Crippen LogP contribution >= 0.6 is 22.6 Å². The zero-order valence-corrected chi connectivity index (χ0v) is 9.23. The molecule has 1 rings (SSSR count). The monoisotopic (exact) mass is 276 g/mol. The molecule has 2 N–H and O–H groups in total. The first kappa shape index (κ1) is 9.64. The van der Waals surface area contributed by atoms with Crippen molar-refractivity contribution in [1.29, 1.82) is 0 Å². The van der Waals surface area contributed by atoms with Gasteiger partial charge in [-0.25, -0.2) is 0 Å². The second-order valence-electron chi connectivity index (χ2n) is 2.64. The lowest BCUT2D eigenvalue weighted by Gasteiger charge is -2.26. The summed E-state index contributed by atoms with van der Waals surface area (Å²) in [6.45, 7) is 2.17. The Bertz CT molecular complexity index is 231. The number of rotatable bonds is 2. The van der Waals surface area contributed by atoms with Crippen LogP contribution in [0.2, 0.25) is 0 Å². The van der Waals surface area contributed by atoms with Gasteiger partial charge in [-0.1, -0.05) is 13.0 Å². The van der Waals surface area contributed by atoms with E-state index in [1.165, 1.54) is 3.58 Å². The average Bonchev–Trinajstić information content (AvgIpc) is 2.05. The van der Waals surface area contributed by atoms with E-state index in [1.54, 1.807) is 6.20 Å². The summed E-state index contributed by atoms with van der Waals surface area (Å²) in [5.74, 6) is 0. The highest BCUT2D eigenvalue weighted by Gasteiger charge is 2.11. The molecule has 0 aromatic heterocycles. The Hall–Kier alpha value is -0.450. The summed E-state index contributed by atoms with van der Waals surface area (Å²) in [5.41, 5.74) is 5.34. The molecule has 0 aromatic carbocycles. The van der Waals surface area contributed by atoms with Gasteiger partial charge in [0.2, 0.25) is 0 Å². The summed E-state index contributed by atoms with van der Waals surface area (Å²) in [6.07, 6.45) is 11.0. The van der Waals surface area contributed by atoms with Crippen LogP contribution in [-0.4, -0.2) is 10.9 Å². The summed E-state index contributed by atoms with van der Waals surface area (Å²) in [7, 11) is 0. The van der Waals surface area contributed by atoms with Crippen molar-refractivity contribution in [3.05, 3.63) is 34.3 Å². The zero-order chi connectivity index (χ0) is 8.97. The molecule has 0 bridgehead atoms. The Labute approximate surface area is 86.9 Å². The first-order chi connectivity index (χ1) is 5.77. The topological polar surface area (TPSA) is 29.3 Å². The number of hydrogen-bond donors (Lipinski definition) is 1.